The highest BCUT2D eigenvalue weighted by atomic mass is 32.2. The molecule has 0 saturated heterocycles. The van der Waals surface area contributed by atoms with Gasteiger partial charge >= 0.3 is 5.97 Å². The van der Waals surface area contributed by atoms with Crippen molar-refractivity contribution in [2.75, 3.05) is 25.7 Å². The third-order valence-corrected chi connectivity index (χ3v) is 5.60. The second-order valence-electron chi connectivity index (χ2n) is 5.98. The normalized spacial score (nSPS) is 11.5. The minimum Gasteiger partial charge on any atom is -0.497 e. The third-order valence-electron chi connectivity index (χ3n) is 3.91. The Labute approximate surface area is 172 Å². The predicted molar refractivity (Wildman–Crippen MR) is 112 cm³/mol. The van der Waals surface area contributed by atoms with Crippen LogP contribution in [0.25, 0.3) is 0 Å². The van der Waals surface area contributed by atoms with Crippen LogP contribution in [0.2, 0.25) is 0 Å². The van der Waals surface area contributed by atoms with Gasteiger partial charge in [0.2, 0.25) is 5.78 Å². The van der Waals surface area contributed by atoms with E-state index in [0.717, 1.165) is 4.88 Å². The van der Waals surface area contributed by atoms with Gasteiger partial charge in [0.1, 0.15) is 11.8 Å². The first-order valence-corrected chi connectivity index (χ1v) is 10.9. The zero-order valence-corrected chi connectivity index (χ0v) is 17.7. The van der Waals surface area contributed by atoms with Gasteiger partial charge in [0.05, 0.1) is 12.0 Å². The molecule has 6 nitrogen and oxygen atoms in total. The second-order valence-corrected chi connectivity index (χ2v) is 8.25. The number of thiophene rings is 1. The van der Waals surface area contributed by atoms with Crippen LogP contribution in [0.3, 0.4) is 0 Å². The molecule has 1 atom stereocenters. The summed E-state index contributed by atoms with van der Waals surface area (Å²) in [6.07, 6.45) is 2.32. The summed E-state index contributed by atoms with van der Waals surface area (Å²) in [6, 6.07) is 9.32. The Morgan fingerprint density at radius 2 is 1.86 bits per heavy atom. The van der Waals surface area contributed by atoms with Gasteiger partial charge in [-0.25, -0.2) is 4.79 Å². The smallest absolute Gasteiger partial charge is 0.329 e. The van der Waals surface area contributed by atoms with Gasteiger partial charge in [0.25, 0.3) is 5.91 Å². The number of amides is 1. The van der Waals surface area contributed by atoms with Gasteiger partial charge in [-0.3, -0.25) is 9.59 Å². The Morgan fingerprint density at radius 1 is 1.14 bits per heavy atom. The van der Waals surface area contributed by atoms with Crippen molar-refractivity contribution in [3.8, 4) is 5.75 Å². The standard InChI is InChI=1S/C20H23NO5S2/c1-13-4-9-18(28-13)17(22)12-26-20(24)16(10-11-27-3)21-19(23)14-5-7-15(25-2)8-6-14/h4-9,16H,10-12H2,1-3H3,(H,21,23)/t16-/m1/s1. The Balaban J connectivity index is 1.97. The number of carbonyl (C=O) groups excluding carboxylic acids is 3. The van der Waals surface area contributed by atoms with Crippen LogP contribution in [0.4, 0.5) is 0 Å². The zero-order valence-electron chi connectivity index (χ0n) is 16.0. The molecule has 1 aromatic heterocycles. The topological polar surface area (TPSA) is 81.7 Å². The molecule has 8 heteroatoms. The van der Waals surface area contributed by atoms with Crippen molar-refractivity contribution in [2.24, 2.45) is 0 Å². The average molecular weight is 422 g/mol. The molecule has 1 N–H and O–H groups in total. The molecule has 0 saturated carbocycles. The molecular weight excluding hydrogens is 398 g/mol. The maximum atomic E-state index is 12.5. The number of carbonyl (C=O) groups is 3. The van der Waals surface area contributed by atoms with E-state index in [1.54, 1.807) is 49.2 Å². The largest absolute Gasteiger partial charge is 0.497 e. The third kappa shape index (κ3) is 6.38. The summed E-state index contributed by atoms with van der Waals surface area (Å²) in [5, 5.41) is 2.70. The number of ether oxygens (including phenoxy) is 2. The maximum absolute atomic E-state index is 12.5. The van der Waals surface area contributed by atoms with Crippen molar-refractivity contribution < 1.29 is 23.9 Å². The highest BCUT2D eigenvalue weighted by Crippen LogP contribution is 2.16. The van der Waals surface area contributed by atoms with Crippen molar-refractivity contribution in [3.63, 3.8) is 0 Å². The summed E-state index contributed by atoms with van der Waals surface area (Å²) >= 11 is 2.91. The average Bonchev–Trinajstić information content (AvgIpc) is 3.15. The van der Waals surface area contributed by atoms with Gasteiger partial charge in [-0.2, -0.15) is 11.8 Å². The first-order chi connectivity index (χ1) is 13.4. The minimum atomic E-state index is -0.820. The van der Waals surface area contributed by atoms with Crippen LogP contribution >= 0.6 is 23.1 Å². The van der Waals surface area contributed by atoms with Gasteiger partial charge in [0, 0.05) is 10.4 Å². The molecule has 0 bridgehead atoms. The molecule has 1 amide bonds. The molecular formula is C20H23NO5S2. The number of rotatable bonds is 10. The van der Waals surface area contributed by atoms with Crippen molar-refractivity contribution in [1.29, 1.82) is 0 Å². The number of esters is 1. The van der Waals surface area contributed by atoms with E-state index in [1.165, 1.54) is 11.3 Å². The summed E-state index contributed by atoms with van der Waals surface area (Å²) in [6.45, 7) is 1.56. The number of Topliss-reactive ketones (excluding diaryl/α,β-unsaturated/α-hetero) is 1. The lowest BCUT2D eigenvalue weighted by molar-refractivity contribution is -0.144. The fourth-order valence-corrected chi connectivity index (χ4v) is 3.62. The van der Waals surface area contributed by atoms with E-state index in [4.69, 9.17) is 9.47 Å². The summed E-state index contributed by atoms with van der Waals surface area (Å²) in [7, 11) is 1.54. The molecule has 28 heavy (non-hydrogen) atoms. The molecule has 0 fully saturated rings. The molecule has 150 valence electrons. The van der Waals surface area contributed by atoms with E-state index in [1.807, 2.05) is 19.2 Å². The highest BCUT2D eigenvalue weighted by Gasteiger charge is 2.24. The monoisotopic (exact) mass is 421 g/mol. The number of ketones is 1. The van der Waals surface area contributed by atoms with Crippen molar-refractivity contribution >= 4 is 40.8 Å². The van der Waals surface area contributed by atoms with Crippen LogP contribution in [-0.2, 0) is 9.53 Å². The first kappa shape index (κ1) is 22.0. The van der Waals surface area contributed by atoms with Crippen molar-refractivity contribution in [2.45, 2.75) is 19.4 Å². The lowest BCUT2D eigenvalue weighted by Gasteiger charge is -2.17. The van der Waals surface area contributed by atoms with Crippen molar-refractivity contribution in [3.05, 3.63) is 51.7 Å². The number of benzene rings is 1. The predicted octanol–water partition coefficient (Wildman–Crippen LogP) is 3.34. The molecule has 0 spiro atoms. The van der Waals surface area contributed by atoms with E-state index in [-0.39, 0.29) is 18.3 Å². The van der Waals surface area contributed by atoms with Crippen LogP contribution in [0.15, 0.2) is 36.4 Å². The Morgan fingerprint density at radius 3 is 2.43 bits per heavy atom. The SMILES string of the molecule is COc1ccc(C(=O)N[C@H](CCSC)C(=O)OCC(=O)c2ccc(C)s2)cc1. The number of methoxy groups -OCH3 is 1. The Hall–Kier alpha value is -2.32. The van der Waals surface area contributed by atoms with Crippen LogP contribution < -0.4 is 10.1 Å². The van der Waals surface area contributed by atoms with Gasteiger partial charge in [-0.05, 0) is 61.8 Å². The molecule has 1 heterocycles. The van der Waals surface area contributed by atoms with E-state index >= 15 is 0 Å². The number of hydrogen-bond acceptors (Lipinski definition) is 7. The minimum absolute atomic E-state index is 0.253. The zero-order chi connectivity index (χ0) is 20.5. The summed E-state index contributed by atoms with van der Waals surface area (Å²) in [5.41, 5.74) is 0.410. The molecule has 0 aliphatic carbocycles. The van der Waals surface area contributed by atoms with Crippen LogP contribution in [-0.4, -0.2) is 49.4 Å². The highest BCUT2D eigenvalue weighted by molar-refractivity contribution is 7.98. The molecule has 2 rings (SSSR count). The molecule has 1 aromatic carbocycles. The van der Waals surface area contributed by atoms with E-state index in [9.17, 15) is 14.4 Å². The lowest BCUT2D eigenvalue weighted by Crippen LogP contribution is -2.42. The first-order valence-electron chi connectivity index (χ1n) is 8.64. The Kier molecular flexibility index (Phi) is 8.53. The van der Waals surface area contributed by atoms with E-state index in [2.05, 4.69) is 5.32 Å². The van der Waals surface area contributed by atoms with Gasteiger partial charge in [0.15, 0.2) is 6.61 Å². The van der Waals surface area contributed by atoms with Crippen LogP contribution in [0.1, 0.15) is 31.3 Å². The second kappa shape index (κ2) is 10.9. The number of thioether (sulfide) groups is 1. The fraction of sp³-hybridized carbons (Fsp3) is 0.350. The number of aryl methyl sites for hydroxylation is 1. The molecule has 0 aliphatic rings. The quantitative estimate of drug-likeness (QED) is 0.468. The maximum Gasteiger partial charge on any atom is 0.329 e. The van der Waals surface area contributed by atoms with Crippen LogP contribution in [0.5, 0.6) is 5.75 Å². The summed E-state index contributed by atoms with van der Waals surface area (Å²) in [5.74, 6) is 0.0537. The van der Waals surface area contributed by atoms with Gasteiger partial charge in [-0.1, -0.05) is 0 Å². The van der Waals surface area contributed by atoms with E-state index in [0.29, 0.717) is 28.4 Å². The summed E-state index contributed by atoms with van der Waals surface area (Å²) < 4.78 is 10.2. The van der Waals surface area contributed by atoms with E-state index < -0.39 is 12.0 Å². The van der Waals surface area contributed by atoms with Crippen LogP contribution in [0, 0.1) is 6.92 Å². The Bertz CT molecular complexity index is 816. The van der Waals surface area contributed by atoms with Crippen molar-refractivity contribution in [1.82, 2.24) is 5.32 Å². The van der Waals surface area contributed by atoms with Gasteiger partial charge in [-0.15, -0.1) is 11.3 Å². The number of hydrogen-bond donors (Lipinski definition) is 1. The molecule has 2 aromatic rings. The van der Waals surface area contributed by atoms with Gasteiger partial charge < -0.3 is 14.8 Å². The molecule has 0 unspecified atom stereocenters. The lowest BCUT2D eigenvalue weighted by atomic mass is 10.1. The molecule has 0 radical (unpaired) electrons. The summed E-state index contributed by atoms with van der Waals surface area (Å²) in [4.78, 5) is 38.6. The number of nitrogens with one attached hydrogen (secondary N) is 1. The fourth-order valence-electron chi connectivity index (χ4n) is 2.36. The molecule has 0 aliphatic heterocycles.